The average Bonchev–Trinajstić information content (AvgIpc) is 0.737. The molecular weight excluding hydrogens is 1430 g/mol. The minimum absolute atomic E-state index is 0.118. The molecule has 2 unspecified atom stereocenters. The van der Waals surface area contributed by atoms with Crippen LogP contribution in [-0.2, 0) is 35.6 Å². The predicted molar refractivity (Wildman–Crippen MR) is 451 cm³/mol. The zero-order valence-electron chi connectivity index (χ0n) is 64.7. The number of para-hydroxylation sites is 2. The van der Waals surface area contributed by atoms with E-state index < -0.39 is 14.7 Å². The molecule has 1 N–H and O–H groups in total. The monoisotopic (exact) mass is 1510 g/mol. The van der Waals surface area contributed by atoms with E-state index in [9.17, 15) is 9.67 Å². The summed E-state index contributed by atoms with van der Waals surface area (Å²) in [5.41, 5.74) is 25.7. The highest BCUT2D eigenvalue weighted by molar-refractivity contribution is 7.75. The van der Waals surface area contributed by atoms with Gasteiger partial charge in [0.15, 0.2) is 0 Å². The van der Waals surface area contributed by atoms with Crippen molar-refractivity contribution in [3.05, 3.63) is 350 Å². The molecule has 0 aromatic heterocycles. The number of rotatable bonds is 21. The number of aryl methyl sites for hydroxylation is 7. The molecule has 0 saturated heterocycles. The van der Waals surface area contributed by atoms with Gasteiger partial charge in [-0.2, -0.15) is 0 Å². The average molecular weight is 1510 g/mol. The first kappa shape index (κ1) is 73.9. The van der Waals surface area contributed by atoms with E-state index in [1.54, 1.807) is 24.3 Å². The van der Waals surface area contributed by atoms with Gasteiger partial charge in [-0.05, 0) is 295 Å². The second-order valence-electron chi connectivity index (χ2n) is 29.5. The lowest BCUT2D eigenvalue weighted by Crippen LogP contribution is -2.26. The highest BCUT2D eigenvalue weighted by Crippen LogP contribution is 2.57. The highest BCUT2D eigenvalue weighted by Gasteiger charge is 2.42. The van der Waals surface area contributed by atoms with Gasteiger partial charge in [0.1, 0.15) is 89.7 Å². The van der Waals surface area contributed by atoms with Gasteiger partial charge >= 0.3 is 14.7 Å². The Balaban J connectivity index is 0.513. The van der Waals surface area contributed by atoms with Gasteiger partial charge in [-0.15, -0.1) is 0 Å². The molecule has 2 aliphatic heterocycles. The second kappa shape index (κ2) is 30.5. The molecule has 0 aliphatic carbocycles. The minimum Gasteiger partial charge on any atom is -0.507 e. The van der Waals surface area contributed by atoms with Crippen molar-refractivity contribution in [2.45, 2.75) is 103 Å². The van der Waals surface area contributed by atoms with Crippen LogP contribution in [0.3, 0.4) is 0 Å². The summed E-state index contributed by atoms with van der Waals surface area (Å²) in [6.07, 6.45) is 0. The van der Waals surface area contributed by atoms with Crippen molar-refractivity contribution in [2.24, 2.45) is 0 Å². The number of benzene rings is 14. The Hall–Kier alpha value is -12.3. The van der Waals surface area contributed by atoms with Crippen LogP contribution in [0, 0.1) is 76.2 Å². The molecule has 0 radical (unpaired) electrons. The number of fused-ring (bicyclic) bond motifs is 6. The lowest BCUT2D eigenvalue weighted by atomic mass is 9.88. The Bertz CT molecular complexity index is 6050. The van der Waals surface area contributed by atoms with Crippen molar-refractivity contribution in [2.75, 3.05) is 0 Å². The molecule has 2 atom stereocenters. The molecule has 11 nitrogen and oxygen atoms in total. The van der Waals surface area contributed by atoms with Crippen LogP contribution in [0.25, 0.3) is 55.6 Å². The standard InChI is InChI=1S/C99H86O11P2/c1-60-28-47-91(95(48-60)112(102)93-27-19-15-23-85(93)83-21-13-17-25-90(83)110-112)104-57-72-31-39-76(40-32-72)78-43-35-74(36-44-78)59-106-97-63(4)51-81(52-64(97)5)108-99-66(7)54-87(68(9)70(99)11)86-53-65(6)98(69(10)67(86)8)107-80-49-61(2)96(62(3)50-80)105-58-73-33-41-77(42-34-73)75-37-29-71(30-38-75)56-103-79-45-46-88(100)94(55-79)111(101)92-26-18-14-22-84(92)82-20-12-16-24-89(82)109-111/h12-55,100H,56-59H2,1-11H3. The summed E-state index contributed by atoms with van der Waals surface area (Å²) in [6, 6.07) is 87.4. The summed E-state index contributed by atoms with van der Waals surface area (Å²) in [6.45, 7) is 24.5. The first-order valence-electron chi connectivity index (χ1n) is 37.7. The minimum atomic E-state index is -3.72. The van der Waals surface area contributed by atoms with Crippen LogP contribution in [0.5, 0.6) is 63.2 Å². The zero-order chi connectivity index (χ0) is 77.7. The summed E-state index contributed by atoms with van der Waals surface area (Å²) in [5, 5.41) is 13.0. The van der Waals surface area contributed by atoms with E-state index in [2.05, 4.69) is 191 Å². The zero-order valence-corrected chi connectivity index (χ0v) is 66.4. The molecule has 2 heterocycles. The number of hydrogen-bond donors (Lipinski definition) is 1. The van der Waals surface area contributed by atoms with Gasteiger partial charge in [0.05, 0.1) is 21.2 Å². The van der Waals surface area contributed by atoms with E-state index in [1.807, 2.05) is 122 Å². The van der Waals surface area contributed by atoms with Crippen LogP contribution >= 0.6 is 14.7 Å². The van der Waals surface area contributed by atoms with E-state index in [0.717, 1.165) is 174 Å². The maximum Gasteiger partial charge on any atom is 0.311 e. The molecule has 2 aliphatic rings. The van der Waals surface area contributed by atoms with Crippen molar-refractivity contribution >= 4 is 36.0 Å². The summed E-state index contributed by atoms with van der Waals surface area (Å²) >= 11 is 0. The Morgan fingerprint density at radius 3 is 1.06 bits per heavy atom. The van der Waals surface area contributed by atoms with Crippen molar-refractivity contribution in [1.29, 1.82) is 0 Å². The van der Waals surface area contributed by atoms with E-state index in [1.165, 1.54) is 6.07 Å². The molecule has 0 saturated carbocycles. The lowest BCUT2D eigenvalue weighted by molar-refractivity contribution is 0.301. The molecule has 0 spiro atoms. The summed E-state index contributed by atoms with van der Waals surface area (Å²) in [4.78, 5) is 0. The molecule has 0 amide bonds. The molecule has 14 aromatic rings. The Labute approximate surface area is 655 Å². The first-order chi connectivity index (χ1) is 54.1. The van der Waals surface area contributed by atoms with Gasteiger partial charge in [-0.3, -0.25) is 9.13 Å². The van der Waals surface area contributed by atoms with Gasteiger partial charge in [0.25, 0.3) is 0 Å². The summed E-state index contributed by atoms with van der Waals surface area (Å²) in [7, 11) is -7.28. The van der Waals surface area contributed by atoms with Crippen molar-refractivity contribution in [1.82, 2.24) is 0 Å². The van der Waals surface area contributed by atoms with E-state index >= 15 is 4.57 Å². The highest BCUT2D eigenvalue weighted by atomic mass is 31.2. The molecule has 13 heteroatoms. The number of phenolic OH excluding ortho intramolecular Hbond substituents is 1. The molecule has 0 bridgehead atoms. The fraction of sp³-hybridized carbons (Fsp3) is 0.152. The fourth-order valence-corrected chi connectivity index (χ4v) is 20.3. The van der Waals surface area contributed by atoms with Gasteiger partial charge < -0.3 is 42.6 Å². The predicted octanol–water partition coefficient (Wildman–Crippen LogP) is 24.3. The summed E-state index contributed by atoms with van der Waals surface area (Å²) in [5.74, 6) is 6.86. The Morgan fingerprint density at radius 2 is 0.643 bits per heavy atom. The third kappa shape index (κ3) is 14.4. The molecule has 0 fully saturated rings. The summed E-state index contributed by atoms with van der Waals surface area (Å²) < 4.78 is 82.1. The SMILES string of the molecule is Cc1ccc(OCc2ccc(-c3ccc(COc4c(C)cc(Oc5c(C)cc(-c6cc(C)c(Oc7cc(C)c(OCc8ccc(-c9ccc(COc%10ccc(O)c(P%11(=O)Oc%12ccccc%12-c%12ccccc%12%11)c%10)cc9)cc8)c(C)c7)c(C)c6C)c(C)c5C)cc4C)cc3)cc2)c(P2(=O)Oc3ccccc3-c3ccccc32)c1. The smallest absolute Gasteiger partial charge is 0.311 e. The van der Waals surface area contributed by atoms with E-state index in [0.29, 0.717) is 58.7 Å². The number of ether oxygens (including phenoxy) is 6. The fourth-order valence-electron chi connectivity index (χ4n) is 15.4. The largest absolute Gasteiger partial charge is 0.507 e. The number of phenols is 1. The van der Waals surface area contributed by atoms with Crippen LogP contribution in [-0.4, -0.2) is 5.11 Å². The quantitative estimate of drug-likeness (QED) is 0.0691. The second-order valence-corrected chi connectivity index (χ2v) is 34.0. The molecular formula is C99H86O11P2. The van der Waals surface area contributed by atoms with Gasteiger partial charge in [-0.1, -0.05) is 176 Å². The molecule has 112 heavy (non-hydrogen) atoms. The van der Waals surface area contributed by atoms with Gasteiger partial charge in [0, 0.05) is 11.1 Å². The topological polar surface area (TPSA) is 128 Å². The van der Waals surface area contributed by atoms with E-state index in [-0.39, 0.29) is 17.7 Å². The van der Waals surface area contributed by atoms with Gasteiger partial charge in [0.2, 0.25) is 0 Å². The van der Waals surface area contributed by atoms with Crippen molar-refractivity contribution in [3.63, 3.8) is 0 Å². The number of hydrogen-bond acceptors (Lipinski definition) is 11. The third-order valence-corrected chi connectivity index (χ3v) is 26.6. The van der Waals surface area contributed by atoms with Crippen LogP contribution in [0.15, 0.2) is 267 Å². The first-order valence-corrected chi connectivity index (χ1v) is 41.0. The van der Waals surface area contributed by atoms with Crippen LogP contribution in [0.2, 0.25) is 0 Å². The van der Waals surface area contributed by atoms with Crippen molar-refractivity contribution < 1.29 is 51.7 Å². The normalized spacial score (nSPS) is 14.5. The maximum absolute atomic E-state index is 15.1. The maximum atomic E-state index is 15.1. The van der Waals surface area contributed by atoms with E-state index in [4.69, 9.17) is 37.5 Å². The van der Waals surface area contributed by atoms with Crippen LogP contribution in [0.4, 0.5) is 0 Å². The lowest BCUT2D eigenvalue weighted by Gasteiger charge is -2.30. The van der Waals surface area contributed by atoms with Crippen LogP contribution in [0.1, 0.15) is 83.5 Å². The van der Waals surface area contributed by atoms with Crippen LogP contribution < -0.4 is 58.7 Å². The van der Waals surface area contributed by atoms with Gasteiger partial charge in [-0.25, -0.2) is 0 Å². The molecule has 558 valence electrons. The van der Waals surface area contributed by atoms with Crippen molar-refractivity contribution in [3.8, 4) is 119 Å². The number of aromatic hydroxyl groups is 1. The molecule has 14 aromatic carbocycles. The Morgan fingerprint density at radius 1 is 0.286 bits per heavy atom. The molecule has 16 rings (SSSR count). The Kier molecular flexibility index (Phi) is 20.1. The third-order valence-electron chi connectivity index (χ3n) is 21.6.